The fourth-order valence-electron chi connectivity index (χ4n) is 4.35. The van der Waals surface area contributed by atoms with E-state index < -0.39 is 28.5 Å². The molecule has 1 atom stereocenters. The Morgan fingerprint density at radius 2 is 1.55 bits per heavy atom. The summed E-state index contributed by atoms with van der Waals surface area (Å²) in [5.74, 6) is -0.739. The van der Waals surface area contributed by atoms with Gasteiger partial charge in [0.15, 0.2) is 0 Å². The van der Waals surface area contributed by atoms with Crippen molar-refractivity contribution in [1.29, 1.82) is 0 Å². The molecule has 0 fully saturated rings. The van der Waals surface area contributed by atoms with Crippen LogP contribution in [0.2, 0.25) is 0 Å². The van der Waals surface area contributed by atoms with Crippen molar-refractivity contribution in [3.05, 3.63) is 101 Å². The molecule has 7 nitrogen and oxygen atoms in total. The zero-order valence-corrected chi connectivity index (χ0v) is 23.6. The van der Waals surface area contributed by atoms with Gasteiger partial charge in [0.25, 0.3) is 0 Å². The normalized spacial score (nSPS) is 12.0. The number of benzene rings is 3. The maximum atomic E-state index is 14.0. The highest BCUT2D eigenvalue weighted by Crippen LogP contribution is 2.23. The number of aryl methyl sites for hydroxylation is 3. The van der Waals surface area contributed by atoms with E-state index in [0.717, 1.165) is 38.4 Å². The molecule has 0 radical (unpaired) electrons. The number of carbonyl (C=O) groups excluding carboxylic acids is 2. The van der Waals surface area contributed by atoms with Crippen LogP contribution in [0.5, 0.6) is 0 Å². The van der Waals surface area contributed by atoms with Gasteiger partial charge in [-0.05, 0) is 62.1 Å². The van der Waals surface area contributed by atoms with E-state index in [4.69, 9.17) is 0 Å². The first kappa shape index (κ1) is 28.9. The van der Waals surface area contributed by atoms with Crippen molar-refractivity contribution < 1.29 is 18.0 Å². The molecule has 0 saturated carbocycles. The molecular weight excluding hydrogens is 498 g/mol. The third-order valence-electron chi connectivity index (χ3n) is 6.52. The van der Waals surface area contributed by atoms with Crippen molar-refractivity contribution in [2.75, 3.05) is 23.7 Å². The Morgan fingerprint density at radius 3 is 2.16 bits per heavy atom. The second kappa shape index (κ2) is 12.7. The minimum atomic E-state index is -3.79. The Bertz CT molecular complexity index is 1370. The molecule has 0 aliphatic rings. The average molecular weight is 536 g/mol. The fraction of sp³-hybridized carbons (Fsp3) is 0.333. The number of likely N-dealkylation sites (N-methyl/N-ethyl adjacent to an activating group) is 1. The van der Waals surface area contributed by atoms with Crippen LogP contribution in [-0.4, -0.2) is 50.5 Å². The zero-order valence-electron chi connectivity index (χ0n) is 22.8. The first-order chi connectivity index (χ1) is 18.0. The number of amides is 2. The topological polar surface area (TPSA) is 86.8 Å². The molecule has 8 heteroatoms. The van der Waals surface area contributed by atoms with E-state index in [-0.39, 0.29) is 12.5 Å². The summed E-state index contributed by atoms with van der Waals surface area (Å²) in [6, 6.07) is 21.7. The maximum Gasteiger partial charge on any atom is 0.244 e. The summed E-state index contributed by atoms with van der Waals surface area (Å²) in [6.45, 7) is 7.79. The molecule has 0 heterocycles. The molecular formula is C30H37N3O4S. The van der Waals surface area contributed by atoms with Gasteiger partial charge in [-0.15, -0.1) is 0 Å². The van der Waals surface area contributed by atoms with Crippen molar-refractivity contribution in [3.8, 4) is 0 Å². The smallest absolute Gasteiger partial charge is 0.244 e. The Hall–Kier alpha value is -3.65. The second-order valence-electron chi connectivity index (χ2n) is 9.65. The third-order valence-corrected chi connectivity index (χ3v) is 7.66. The van der Waals surface area contributed by atoms with Crippen LogP contribution in [0.25, 0.3) is 0 Å². The number of hydrogen-bond donors (Lipinski definition) is 1. The summed E-state index contributed by atoms with van der Waals surface area (Å²) in [6.07, 6.45) is 1.39. The summed E-state index contributed by atoms with van der Waals surface area (Å²) in [4.78, 5) is 28.8. The van der Waals surface area contributed by atoms with Gasteiger partial charge >= 0.3 is 0 Å². The fourth-order valence-corrected chi connectivity index (χ4v) is 5.19. The lowest BCUT2D eigenvalue weighted by atomic mass is 10.0. The molecule has 0 aromatic heterocycles. The lowest BCUT2D eigenvalue weighted by Gasteiger charge is -2.33. The highest BCUT2D eigenvalue weighted by molar-refractivity contribution is 7.92. The third kappa shape index (κ3) is 7.68. The molecule has 0 saturated heterocycles. The molecule has 38 heavy (non-hydrogen) atoms. The van der Waals surface area contributed by atoms with Crippen LogP contribution in [0.15, 0.2) is 72.8 Å². The lowest BCUT2D eigenvalue weighted by molar-refractivity contribution is -0.140. The van der Waals surface area contributed by atoms with E-state index in [9.17, 15) is 18.0 Å². The van der Waals surface area contributed by atoms with Crippen molar-refractivity contribution in [2.45, 2.75) is 46.7 Å². The van der Waals surface area contributed by atoms with Crippen LogP contribution in [-0.2, 0) is 32.6 Å². The highest BCUT2D eigenvalue weighted by atomic mass is 32.2. The number of anilines is 1. The number of nitrogens with zero attached hydrogens (tertiary/aromatic N) is 2. The Labute approximate surface area is 226 Å². The van der Waals surface area contributed by atoms with Crippen LogP contribution in [0.3, 0.4) is 0 Å². The van der Waals surface area contributed by atoms with E-state index in [0.29, 0.717) is 18.7 Å². The lowest BCUT2D eigenvalue weighted by Crippen LogP contribution is -2.53. The molecule has 202 valence electrons. The van der Waals surface area contributed by atoms with Crippen LogP contribution < -0.4 is 9.62 Å². The molecule has 0 aliphatic carbocycles. The monoisotopic (exact) mass is 535 g/mol. The van der Waals surface area contributed by atoms with E-state index in [1.807, 2.05) is 88.4 Å². The van der Waals surface area contributed by atoms with Gasteiger partial charge in [-0.3, -0.25) is 13.9 Å². The van der Waals surface area contributed by atoms with E-state index >= 15 is 0 Å². The molecule has 3 rings (SSSR count). The molecule has 0 bridgehead atoms. The summed E-state index contributed by atoms with van der Waals surface area (Å²) >= 11 is 0. The minimum Gasteiger partial charge on any atom is -0.355 e. The van der Waals surface area contributed by atoms with Crippen LogP contribution >= 0.6 is 0 Å². The first-order valence-corrected chi connectivity index (χ1v) is 14.6. The number of carbonyl (C=O) groups is 2. The predicted molar refractivity (Wildman–Crippen MR) is 152 cm³/mol. The highest BCUT2D eigenvalue weighted by Gasteiger charge is 2.32. The van der Waals surface area contributed by atoms with Gasteiger partial charge in [0.2, 0.25) is 21.8 Å². The largest absolute Gasteiger partial charge is 0.355 e. The van der Waals surface area contributed by atoms with Crippen molar-refractivity contribution in [2.24, 2.45) is 0 Å². The van der Waals surface area contributed by atoms with Crippen molar-refractivity contribution in [3.63, 3.8) is 0 Å². The first-order valence-electron chi connectivity index (χ1n) is 12.7. The van der Waals surface area contributed by atoms with Gasteiger partial charge in [-0.25, -0.2) is 8.42 Å². The quantitative estimate of drug-likeness (QED) is 0.400. The number of hydrogen-bond acceptors (Lipinski definition) is 4. The molecule has 0 unspecified atom stereocenters. The minimum absolute atomic E-state index is 0.166. The van der Waals surface area contributed by atoms with Gasteiger partial charge in [0.1, 0.15) is 12.6 Å². The molecule has 2 amide bonds. The van der Waals surface area contributed by atoms with Gasteiger partial charge in [-0.2, -0.15) is 0 Å². The van der Waals surface area contributed by atoms with Crippen LogP contribution in [0, 0.1) is 20.8 Å². The molecule has 1 N–H and O–H groups in total. The zero-order chi connectivity index (χ0) is 27.9. The Balaban J connectivity index is 2.05. The SMILES string of the molecule is CCNC(=O)[C@H](Cc1ccccc1)N(Cc1cccc(C)c1)C(=O)CN(c1ccc(C)c(C)c1)S(C)(=O)=O. The number of rotatable bonds is 11. The summed E-state index contributed by atoms with van der Waals surface area (Å²) < 4.78 is 26.8. The number of sulfonamides is 1. The van der Waals surface area contributed by atoms with Crippen molar-refractivity contribution >= 4 is 27.5 Å². The average Bonchev–Trinajstić information content (AvgIpc) is 2.86. The number of nitrogens with one attached hydrogen (secondary N) is 1. The molecule has 3 aromatic carbocycles. The van der Waals surface area contributed by atoms with Gasteiger partial charge in [0.05, 0.1) is 11.9 Å². The van der Waals surface area contributed by atoms with E-state index in [1.54, 1.807) is 12.1 Å². The summed E-state index contributed by atoms with van der Waals surface area (Å²) in [7, 11) is -3.79. The molecule has 3 aromatic rings. The Morgan fingerprint density at radius 1 is 0.868 bits per heavy atom. The summed E-state index contributed by atoms with van der Waals surface area (Å²) in [5, 5.41) is 2.86. The predicted octanol–water partition coefficient (Wildman–Crippen LogP) is 4.15. The standard InChI is InChI=1S/C30H37N3O4S/c1-6-31-30(35)28(19-25-12-8-7-9-13-25)32(20-26-14-10-11-22(2)17-26)29(34)21-33(38(5,36)37)27-16-15-23(3)24(4)18-27/h7-18,28H,6,19-21H2,1-5H3,(H,31,35)/t28-/m0/s1. The second-order valence-corrected chi connectivity index (χ2v) is 11.6. The van der Waals surface area contributed by atoms with Gasteiger partial charge in [-0.1, -0.05) is 66.2 Å². The summed E-state index contributed by atoms with van der Waals surface area (Å²) in [5.41, 5.74) is 5.15. The van der Waals surface area contributed by atoms with Crippen LogP contribution in [0.4, 0.5) is 5.69 Å². The Kier molecular flexibility index (Phi) is 9.69. The van der Waals surface area contributed by atoms with E-state index in [2.05, 4.69) is 5.32 Å². The van der Waals surface area contributed by atoms with E-state index in [1.165, 1.54) is 4.90 Å². The van der Waals surface area contributed by atoms with Gasteiger partial charge < -0.3 is 10.2 Å². The van der Waals surface area contributed by atoms with Gasteiger partial charge in [0, 0.05) is 19.5 Å². The van der Waals surface area contributed by atoms with Crippen LogP contribution in [0.1, 0.15) is 34.7 Å². The molecule has 0 spiro atoms. The maximum absolute atomic E-state index is 14.0. The molecule has 0 aliphatic heterocycles. The van der Waals surface area contributed by atoms with Crippen molar-refractivity contribution in [1.82, 2.24) is 10.2 Å².